The van der Waals surface area contributed by atoms with Crippen molar-refractivity contribution in [3.05, 3.63) is 29.1 Å². The monoisotopic (exact) mass is 183 g/mol. The maximum absolute atomic E-state index is 13.3. The van der Waals surface area contributed by atoms with Gasteiger partial charge in [-0.25, -0.2) is 9.18 Å². The van der Waals surface area contributed by atoms with Crippen molar-refractivity contribution in [1.82, 2.24) is 0 Å². The molecule has 0 unspecified atom stereocenters. The second-order valence-corrected chi connectivity index (χ2v) is 2.67. The molecule has 1 aromatic rings. The lowest BCUT2D eigenvalue weighted by atomic mass is 10.1. The van der Waals surface area contributed by atoms with E-state index in [4.69, 9.17) is 5.11 Å². The fourth-order valence-electron chi connectivity index (χ4n) is 1.14. The third-order valence-corrected chi connectivity index (χ3v) is 1.83. The van der Waals surface area contributed by atoms with Gasteiger partial charge in [-0.2, -0.15) is 0 Å². The number of anilines is 1. The van der Waals surface area contributed by atoms with Gasteiger partial charge in [0.25, 0.3) is 0 Å². The largest absolute Gasteiger partial charge is 0.478 e. The summed E-state index contributed by atoms with van der Waals surface area (Å²) in [7, 11) is 1.55. The van der Waals surface area contributed by atoms with E-state index in [0.717, 1.165) is 0 Å². The zero-order valence-electron chi connectivity index (χ0n) is 7.39. The minimum Gasteiger partial charge on any atom is -0.478 e. The predicted molar refractivity (Wildman–Crippen MR) is 47.6 cm³/mol. The molecule has 3 nitrogen and oxygen atoms in total. The first-order chi connectivity index (χ1) is 6.07. The molecule has 0 aromatic heterocycles. The Labute approximate surface area is 75.2 Å². The maximum Gasteiger partial charge on any atom is 0.338 e. The van der Waals surface area contributed by atoms with Crippen LogP contribution in [0.3, 0.4) is 0 Å². The predicted octanol–water partition coefficient (Wildman–Crippen LogP) is 1.87. The summed E-state index contributed by atoms with van der Waals surface area (Å²) < 4.78 is 13.3. The molecule has 2 N–H and O–H groups in total. The number of nitrogens with one attached hydrogen (secondary N) is 1. The summed E-state index contributed by atoms with van der Waals surface area (Å²) in [5.74, 6) is -1.97. The Bertz CT molecular complexity index is 350. The van der Waals surface area contributed by atoms with E-state index in [-0.39, 0.29) is 11.3 Å². The van der Waals surface area contributed by atoms with Crippen molar-refractivity contribution >= 4 is 11.7 Å². The van der Waals surface area contributed by atoms with Gasteiger partial charge in [0.15, 0.2) is 5.82 Å². The second kappa shape index (κ2) is 3.43. The number of hydrogen-bond donors (Lipinski definition) is 2. The summed E-state index contributed by atoms with van der Waals surface area (Å²) in [5, 5.41) is 11.2. The SMILES string of the molecule is CNc1c(C)ccc(C(=O)O)c1F. The van der Waals surface area contributed by atoms with Crippen molar-refractivity contribution < 1.29 is 14.3 Å². The zero-order chi connectivity index (χ0) is 10.0. The molecule has 4 heteroatoms. The van der Waals surface area contributed by atoms with Crippen molar-refractivity contribution in [2.75, 3.05) is 12.4 Å². The molecule has 0 saturated heterocycles. The highest BCUT2D eigenvalue weighted by atomic mass is 19.1. The second-order valence-electron chi connectivity index (χ2n) is 2.67. The Morgan fingerprint density at radius 1 is 1.54 bits per heavy atom. The lowest BCUT2D eigenvalue weighted by molar-refractivity contribution is 0.0692. The molecule has 0 heterocycles. The van der Waals surface area contributed by atoms with E-state index >= 15 is 0 Å². The maximum atomic E-state index is 13.3. The Hall–Kier alpha value is -1.58. The molecule has 0 amide bonds. The number of halogens is 1. The van der Waals surface area contributed by atoms with Gasteiger partial charge in [-0.15, -0.1) is 0 Å². The van der Waals surface area contributed by atoms with E-state index < -0.39 is 11.8 Å². The van der Waals surface area contributed by atoms with Crippen molar-refractivity contribution in [2.24, 2.45) is 0 Å². The van der Waals surface area contributed by atoms with Crippen LogP contribution in [0, 0.1) is 12.7 Å². The molecule has 0 radical (unpaired) electrons. The van der Waals surface area contributed by atoms with E-state index in [2.05, 4.69) is 5.32 Å². The Balaban J connectivity index is 3.35. The number of aromatic carboxylic acids is 1. The Morgan fingerprint density at radius 3 is 2.62 bits per heavy atom. The van der Waals surface area contributed by atoms with Crippen LogP contribution in [0.25, 0.3) is 0 Å². The lowest BCUT2D eigenvalue weighted by Gasteiger charge is -2.07. The first-order valence-corrected chi connectivity index (χ1v) is 3.78. The van der Waals surface area contributed by atoms with Gasteiger partial charge in [0.05, 0.1) is 11.3 Å². The van der Waals surface area contributed by atoms with Crippen molar-refractivity contribution in [2.45, 2.75) is 6.92 Å². The molecule has 0 aliphatic carbocycles. The number of carbonyl (C=O) groups is 1. The molecule has 0 aliphatic heterocycles. The first kappa shape index (κ1) is 9.51. The number of benzene rings is 1. The molecule has 70 valence electrons. The van der Waals surface area contributed by atoms with Crippen LogP contribution in [0.15, 0.2) is 12.1 Å². The molecular weight excluding hydrogens is 173 g/mol. The van der Waals surface area contributed by atoms with Crippen LogP contribution in [0.2, 0.25) is 0 Å². The van der Waals surface area contributed by atoms with Crippen LogP contribution < -0.4 is 5.32 Å². The normalized spacial score (nSPS) is 9.77. The van der Waals surface area contributed by atoms with Gasteiger partial charge in [0, 0.05) is 7.05 Å². The summed E-state index contributed by atoms with van der Waals surface area (Å²) >= 11 is 0. The summed E-state index contributed by atoms with van der Waals surface area (Å²) in [5.41, 5.74) is 0.611. The van der Waals surface area contributed by atoms with Gasteiger partial charge in [-0.1, -0.05) is 6.07 Å². The van der Waals surface area contributed by atoms with E-state index in [0.29, 0.717) is 5.56 Å². The minimum absolute atomic E-state index is 0.236. The first-order valence-electron chi connectivity index (χ1n) is 3.78. The number of carboxylic acid groups (broad SMARTS) is 1. The van der Waals surface area contributed by atoms with E-state index in [1.54, 1.807) is 20.0 Å². The van der Waals surface area contributed by atoms with Crippen LogP contribution in [-0.4, -0.2) is 18.1 Å². The molecule has 1 rings (SSSR count). The van der Waals surface area contributed by atoms with Gasteiger partial charge in [0.2, 0.25) is 0 Å². The average Bonchev–Trinajstić information content (AvgIpc) is 2.04. The quantitative estimate of drug-likeness (QED) is 0.735. The summed E-state index contributed by atoms with van der Waals surface area (Å²) in [6.07, 6.45) is 0. The molecular formula is C9H10FNO2. The van der Waals surface area contributed by atoms with Crippen molar-refractivity contribution in [3.63, 3.8) is 0 Å². The standard InChI is InChI=1S/C9H10FNO2/c1-5-3-4-6(9(12)13)7(10)8(5)11-2/h3-4,11H,1-2H3,(H,12,13). The lowest BCUT2D eigenvalue weighted by Crippen LogP contribution is -2.05. The molecule has 13 heavy (non-hydrogen) atoms. The molecule has 0 atom stereocenters. The molecule has 0 fully saturated rings. The van der Waals surface area contributed by atoms with Crippen LogP contribution in [0.4, 0.5) is 10.1 Å². The smallest absolute Gasteiger partial charge is 0.338 e. The van der Waals surface area contributed by atoms with Gasteiger partial charge in [-0.3, -0.25) is 0 Å². The van der Waals surface area contributed by atoms with E-state index in [1.165, 1.54) is 6.07 Å². The number of carboxylic acids is 1. The molecule has 1 aromatic carbocycles. The number of aryl methyl sites for hydroxylation is 1. The highest BCUT2D eigenvalue weighted by molar-refractivity contribution is 5.89. The van der Waals surface area contributed by atoms with E-state index in [1.807, 2.05) is 0 Å². The average molecular weight is 183 g/mol. The number of rotatable bonds is 2. The summed E-state index contributed by atoms with van der Waals surface area (Å²) in [4.78, 5) is 10.5. The van der Waals surface area contributed by atoms with Crippen molar-refractivity contribution in [3.8, 4) is 0 Å². The molecule has 0 saturated carbocycles. The fourth-order valence-corrected chi connectivity index (χ4v) is 1.14. The van der Waals surface area contributed by atoms with Crippen LogP contribution in [0.1, 0.15) is 15.9 Å². The highest BCUT2D eigenvalue weighted by Gasteiger charge is 2.14. The summed E-state index contributed by atoms with van der Waals surface area (Å²) in [6, 6.07) is 2.83. The van der Waals surface area contributed by atoms with Crippen LogP contribution in [-0.2, 0) is 0 Å². The summed E-state index contributed by atoms with van der Waals surface area (Å²) in [6.45, 7) is 1.71. The van der Waals surface area contributed by atoms with Gasteiger partial charge >= 0.3 is 5.97 Å². The topological polar surface area (TPSA) is 49.3 Å². The molecule has 0 bridgehead atoms. The van der Waals surface area contributed by atoms with Gasteiger partial charge in [-0.05, 0) is 18.6 Å². The minimum atomic E-state index is -1.26. The van der Waals surface area contributed by atoms with Crippen molar-refractivity contribution in [1.29, 1.82) is 0 Å². The zero-order valence-corrected chi connectivity index (χ0v) is 7.39. The van der Waals surface area contributed by atoms with Gasteiger partial charge in [0.1, 0.15) is 0 Å². The fraction of sp³-hybridized carbons (Fsp3) is 0.222. The van der Waals surface area contributed by atoms with Crippen LogP contribution in [0.5, 0.6) is 0 Å². The van der Waals surface area contributed by atoms with Crippen LogP contribution >= 0.6 is 0 Å². The third-order valence-electron chi connectivity index (χ3n) is 1.83. The number of hydrogen-bond acceptors (Lipinski definition) is 2. The van der Waals surface area contributed by atoms with Gasteiger partial charge < -0.3 is 10.4 Å². The van der Waals surface area contributed by atoms with E-state index in [9.17, 15) is 9.18 Å². The molecule has 0 aliphatic rings. The third kappa shape index (κ3) is 1.61. The highest BCUT2D eigenvalue weighted by Crippen LogP contribution is 2.21. The Kier molecular flexibility index (Phi) is 2.51. The Morgan fingerprint density at radius 2 is 2.15 bits per heavy atom. The molecule has 0 spiro atoms.